The molecule has 1 aromatic rings. The number of halogens is 3. The van der Waals surface area contributed by atoms with Crippen molar-refractivity contribution in [2.45, 2.75) is 12.8 Å². The second-order valence-electron chi connectivity index (χ2n) is 4.64. The SMILES string of the molecule is O=C(NC[C@H]1CCOC1)Nc1ccc(OC(F)(F)F)cc1. The number of hydrogen-bond acceptors (Lipinski definition) is 3. The van der Waals surface area contributed by atoms with E-state index in [-0.39, 0.29) is 5.75 Å². The summed E-state index contributed by atoms with van der Waals surface area (Å²) in [6.45, 7) is 1.83. The molecule has 2 amide bonds. The van der Waals surface area contributed by atoms with Crippen LogP contribution in [0.25, 0.3) is 0 Å². The quantitative estimate of drug-likeness (QED) is 0.899. The molecule has 1 aromatic carbocycles. The van der Waals surface area contributed by atoms with Crippen LogP contribution in [0, 0.1) is 5.92 Å². The zero-order valence-electron chi connectivity index (χ0n) is 11.1. The maximum atomic E-state index is 12.0. The summed E-state index contributed by atoms with van der Waals surface area (Å²) < 4.78 is 44.9. The fourth-order valence-corrected chi connectivity index (χ4v) is 1.90. The van der Waals surface area contributed by atoms with Crippen molar-refractivity contribution in [3.05, 3.63) is 24.3 Å². The first kappa shape index (κ1) is 15.4. The highest BCUT2D eigenvalue weighted by atomic mass is 19.4. The fraction of sp³-hybridized carbons (Fsp3) is 0.462. The summed E-state index contributed by atoms with van der Waals surface area (Å²) in [5.41, 5.74) is 0.379. The number of benzene rings is 1. The number of ether oxygens (including phenoxy) is 2. The summed E-state index contributed by atoms with van der Waals surface area (Å²) in [4.78, 5) is 11.6. The average molecular weight is 304 g/mol. The summed E-state index contributed by atoms with van der Waals surface area (Å²) in [5, 5.41) is 5.21. The minimum atomic E-state index is -4.73. The van der Waals surface area contributed by atoms with Crippen LogP contribution in [0.5, 0.6) is 5.75 Å². The summed E-state index contributed by atoms with van der Waals surface area (Å²) >= 11 is 0. The van der Waals surface area contributed by atoms with Crippen molar-refractivity contribution in [1.82, 2.24) is 5.32 Å². The second kappa shape index (κ2) is 6.66. The number of carbonyl (C=O) groups excluding carboxylic acids is 1. The minimum Gasteiger partial charge on any atom is -0.406 e. The third-order valence-electron chi connectivity index (χ3n) is 2.92. The van der Waals surface area contributed by atoms with Crippen molar-refractivity contribution in [2.24, 2.45) is 5.92 Å². The van der Waals surface area contributed by atoms with Crippen molar-refractivity contribution in [2.75, 3.05) is 25.1 Å². The van der Waals surface area contributed by atoms with Crippen LogP contribution in [0.1, 0.15) is 6.42 Å². The van der Waals surface area contributed by atoms with Gasteiger partial charge in [-0.25, -0.2) is 4.79 Å². The van der Waals surface area contributed by atoms with Gasteiger partial charge >= 0.3 is 12.4 Å². The van der Waals surface area contributed by atoms with Gasteiger partial charge in [0.1, 0.15) is 5.75 Å². The molecule has 0 aliphatic carbocycles. The first-order valence-corrected chi connectivity index (χ1v) is 6.41. The maximum Gasteiger partial charge on any atom is 0.573 e. The van der Waals surface area contributed by atoms with Crippen LogP contribution >= 0.6 is 0 Å². The Labute approximate surface area is 119 Å². The van der Waals surface area contributed by atoms with Gasteiger partial charge < -0.3 is 20.1 Å². The van der Waals surface area contributed by atoms with Crippen molar-refractivity contribution in [3.63, 3.8) is 0 Å². The Morgan fingerprint density at radius 1 is 1.33 bits per heavy atom. The second-order valence-corrected chi connectivity index (χ2v) is 4.64. The van der Waals surface area contributed by atoms with Crippen LogP contribution in [0.4, 0.5) is 23.7 Å². The minimum absolute atomic E-state index is 0.304. The lowest BCUT2D eigenvalue weighted by molar-refractivity contribution is -0.274. The number of urea groups is 1. The molecule has 1 aliphatic rings. The van der Waals surface area contributed by atoms with Crippen molar-refractivity contribution >= 4 is 11.7 Å². The Bertz CT molecular complexity index is 471. The molecule has 1 saturated heterocycles. The Hall–Kier alpha value is -1.96. The van der Waals surface area contributed by atoms with E-state index in [1.165, 1.54) is 12.1 Å². The van der Waals surface area contributed by atoms with Crippen LogP contribution in [-0.4, -0.2) is 32.2 Å². The normalized spacial score (nSPS) is 18.3. The number of rotatable bonds is 4. The van der Waals surface area contributed by atoms with Gasteiger partial charge in [-0.1, -0.05) is 0 Å². The molecule has 0 aromatic heterocycles. The number of anilines is 1. The van der Waals surface area contributed by atoms with E-state index in [0.29, 0.717) is 31.4 Å². The lowest BCUT2D eigenvalue weighted by Crippen LogP contribution is -2.33. The molecule has 0 unspecified atom stereocenters. The average Bonchev–Trinajstić information content (AvgIpc) is 2.90. The molecule has 0 bridgehead atoms. The monoisotopic (exact) mass is 304 g/mol. The number of hydrogen-bond donors (Lipinski definition) is 2. The molecular formula is C13H15F3N2O3. The Morgan fingerprint density at radius 2 is 2.05 bits per heavy atom. The van der Waals surface area contributed by atoms with Crippen molar-refractivity contribution in [3.8, 4) is 5.75 Å². The smallest absolute Gasteiger partial charge is 0.406 e. The Morgan fingerprint density at radius 3 is 2.62 bits per heavy atom. The Balaban J connectivity index is 1.78. The fourth-order valence-electron chi connectivity index (χ4n) is 1.90. The van der Waals surface area contributed by atoms with Crippen LogP contribution < -0.4 is 15.4 Å². The topological polar surface area (TPSA) is 59.6 Å². The van der Waals surface area contributed by atoms with Crippen molar-refractivity contribution < 1.29 is 27.4 Å². The molecule has 1 fully saturated rings. The van der Waals surface area contributed by atoms with Crippen LogP contribution in [-0.2, 0) is 4.74 Å². The largest absolute Gasteiger partial charge is 0.573 e. The molecule has 21 heavy (non-hydrogen) atoms. The summed E-state index contributed by atoms with van der Waals surface area (Å²) in [6.07, 6.45) is -3.82. The lowest BCUT2D eigenvalue weighted by Gasteiger charge is -2.12. The van der Waals surface area contributed by atoms with E-state index in [4.69, 9.17) is 4.74 Å². The van der Waals surface area contributed by atoms with Gasteiger partial charge in [-0.3, -0.25) is 0 Å². The molecule has 1 atom stereocenters. The van der Waals surface area contributed by atoms with E-state index in [9.17, 15) is 18.0 Å². The van der Waals surface area contributed by atoms with Gasteiger partial charge in [-0.2, -0.15) is 0 Å². The van der Waals surface area contributed by atoms with Gasteiger partial charge in [0, 0.05) is 24.8 Å². The van der Waals surface area contributed by atoms with Gasteiger partial charge in [0.25, 0.3) is 0 Å². The van der Waals surface area contributed by atoms with E-state index in [1.54, 1.807) is 0 Å². The highest BCUT2D eigenvalue weighted by Gasteiger charge is 2.30. The van der Waals surface area contributed by atoms with E-state index in [0.717, 1.165) is 18.6 Å². The van der Waals surface area contributed by atoms with Gasteiger partial charge in [0.2, 0.25) is 0 Å². The molecule has 0 spiro atoms. The van der Waals surface area contributed by atoms with Gasteiger partial charge in [-0.05, 0) is 30.7 Å². The van der Waals surface area contributed by atoms with Gasteiger partial charge in [0.15, 0.2) is 0 Å². The van der Waals surface area contributed by atoms with Crippen molar-refractivity contribution in [1.29, 1.82) is 0 Å². The van der Waals surface area contributed by atoms with Gasteiger partial charge in [0.05, 0.1) is 6.61 Å². The summed E-state index contributed by atoms with van der Waals surface area (Å²) in [6, 6.07) is 4.52. The summed E-state index contributed by atoms with van der Waals surface area (Å²) in [5.74, 6) is -0.0325. The lowest BCUT2D eigenvalue weighted by atomic mass is 10.1. The molecule has 116 valence electrons. The molecule has 2 N–H and O–H groups in total. The van der Waals surface area contributed by atoms with E-state index < -0.39 is 12.4 Å². The first-order valence-electron chi connectivity index (χ1n) is 6.41. The highest BCUT2D eigenvalue weighted by Crippen LogP contribution is 2.23. The predicted octanol–water partition coefficient (Wildman–Crippen LogP) is 2.74. The molecule has 8 heteroatoms. The van der Waals surface area contributed by atoms with E-state index >= 15 is 0 Å². The van der Waals surface area contributed by atoms with E-state index in [2.05, 4.69) is 15.4 Å². The molecule has 5 nitrogen and oxygen atoms in total. The number of alkyl halides is 3. The predicted molar refractivity (Wildman–Crippen MR) is 69.1 cm³/mol. The first-order chi connectivity index (χ1) is 9.92. The molecule has 0 radical (unpaired) electrons. The molecular weight excluding hydrogens is 289 g/mol. The number of amides is 2. The zero-order valence-corrected chi connectivity index (χ0v) is 11.1. The molecule has 2 rings (SSSR count). The van der Waals surface area contributed by atoms with E-state index in [1.807, 2.05) is 0 Å². The number of nitrogens with one attached hydrogen (secondary N) is 2. The zero-order chi connectivity index (χ0) is 15.3. The molecule has 1 aliphatic heterocycles. The van der Waals surface area contributed by atoms with Crippen LogP contribution in [0.2, 0.25) is 0 Å². The molecule has 0 saturated carbocycles. The van der Waals surface area contributed by atoms with Gasteiger partial charge in [-0.15, -0.1) is 13.2 Å². The maximum absolute atomic E-state index is 12.0. The Kier molecular flexibility index (Phi) is 4.89. The number of carbonyl (C=O) groups is 1. The van der Waals surface area contributed by atoms with Crippen LogP contribution in [0.15, 0.2) is 24.3 Å². The summed E-state index contributed by atoms with van der Waals surface area (Å²) in [7, 11) is 0. The standard InChI is InChI=1S/C13H15F3N2O3/c14-13(15,16)21-11-3-1-10(2-4-11)18-12(19)17-7-9-5-6-20-8-9/h1-4,9H,5-8H2,(H2,17,18,19)/t9-/m1/s1. The molecule has 1 heterocycles. The third kappa shape index (κ3) is 5.50. The van der Waals surface area contributed by atoms with Crippen LogP contribution in [0.3, 0.4) is 0 Å². The third-order valence-corrected chi connectivity index (χ3v) is 2.92. The highest BCUT2D eigenvalue weighted by molar-refractivity contribution is 5.89.